The molecule has 1 saturated heterocycles. The zero-order chi connectivity index (χ0) is 17.6. The molecular weight excluding hydrogens is 304 g/mol. The number of aromatic nitrogens is 1. The first-order valence-electron chi connectivity index (χ1n) is 8.54. The molecule has 0 unspecified atom stereocenters. The van der Waals surface area contributed by atoms with Crippen LogP contribution in [0.2, 0.25) is 0 Å². The van der Waals surface area contributed by atoms with Crippen molar-refractivity contribution in [3.8, 4) is 0 Å². The van der Waals surface area contributed by atoms with Gasteiger partial charge in [0.05, 0.1) is 0 Å². The number of hydrogen-bond donors (Lipinski definition) is 1. The molecule has 0 atom stereocenters. The lowest BCUT2D eigenvalue weighted by Gasteiger charge is -2.35. The minimum atomic E-state index is -0.472. The number of amides is 1. The second-order valence-electron chi connectivity index (χ2n) is 7.08. The van der Waals surface area contributed by atoms with Crippen molar-refractivity contribution in [1.29, 1.82) is 0 Å². The van der Waals surface area contributed by atoms with Crippen LogP contribution in [0.1, 0.15) is 33.6 Å². The summed E-state index contributed by atoms with van der Waals surface area (Å²) in [5, 5.41) is 2.95. The molecular formula is C18H28N4O2. The Morgan fingerprint density at radius 2 is 1.92 bits per heavy atom. The molecule has 1 aliphatic rings. The molecule has 1 N–H and O–H groups in total. The number of pyridine rings is 1. The van der Waals surface area contributed by atoms with E-state index in [0.29, 0.717) is 12.8 Å². The molecule has 1 aliphatic heterocycles. The summed E-state index contributed by atoms with van der Waals surface area (Å²) in [6, 6.07) is 5.95. The number of ketones is 1. The Balaban J connectivity index is 1.71. The van der Waals surface area contributed by atoms with E-state index in [1.807, 2.05) is 38.2 Å². The fraction of sp³-hybridized carbons (Fsp3) is 0.611. The predicted octanol–water partition coefficient (Wildman–Crippen LogP) is 1.47. The van der Waals surface area contributed by atoms with E-state index in [-0.39, 0.29) is 11.7 Å². The van der Waals surface area contributed by atoms with Gasteiger partial charge in [0.1, 0.15) is 11.6 Å². The molecule has 0 saturated carbocycles. The van der Waals surface area contributed by atoms with Gasteiger partial charge in [-0.1, -0.05) is 6.07 Å². The van der Waals surface area contributed by atoms with Crippen LogP contribution in [0.4, 0.5) is 5.82 Å². The highest BCUT2D eigenvalue weighted by Crippen LogP contribution is 2.13. The minimum absolute atomic E-state index is 0.00778. The molecule has 0 aliphatic carbocycles. The summed E-state index contributed by atoms with van der Waals surface area (Å²) < 4.78 is 0. The molecule has 0 aromatic carbocycles. The molecule has 132 valence electrons. The number of piperazine rings is 1. The van der Waals surface area contributed by atoms with E-state index >= 15 is 0 Å². The van der Waals surface area contributed by atoms with E-state index in [9.17, 15) is 9.59 Å². The van der Waals surface area contributed by atoms with Gasteiger partial charge < -0.3 is 10.2 Å². The topological polar surface area (TPSA) is 65.5 Å². The van der Waals surface area contributed by atoms with E-state index in [4.69, 9.17) is 0 Å². The summed E-state index contributed by atoms with van der Waals surface area (Å²) in [4.78, 5) is 32.3. The first-order chi connectivity index (χ1) is 11.4. The molecule has 0 spiro atoms. The number of rotatable bonds is 7. The Morgan fingerprint density at radius 1 is 1.21 bits per heavy atom. The van der Waals surface area contributed by atoms with Crippen LogP contribution in [0.25, 0.3) is 0 Å². The van der Waals surface area contributed by atoms with E-state index in [0.717, 1.165) is 38.5 Å². The Kier molecular flexibility index (Phi) is 6.31. The number of carbonyl (C=O) groups excluding carboxylic acids is 2. The van der Waals surface area contributed by atoms with Gasteiger partial charge in [-0.05, 0) is 32.9 Å². The maximum Gasteiger partial charge on any atom is 0.221 e. The molecule has 1 fully saturated rings. The van der Waals surface area contributed by atoms with E-state index < -0.39 is 5.54 Å². The SMILES string of the molecule is CC(=O)CC(C)(C)NC(=O)CCN1CCN(c2ccccn2)CC1. The lowest BCUT2D eigenvalue weighted by atomic mass is 9.98. The predicted molar refractivity (Wildman–Crippen MR) is 95.0 cm³/mol. The number of nitrogens with zero attached hydrogens (tertiary/aromatic N) is 3. The summed E-state index contributed by atoms with van der Waals surface area (Å²) in [5.41, 5.74) is -0.472. The third-order valence-electron chi connectivity index (χ3n) is 4.17. The van der Waals surface area contributed by atoms with Gasteiger partial charge in [-0.2, -0.15) is 0 Å². The normalized spacial score (nSPS) is 16.0. The van der Waals surface area contributed by atoms with Crippen LogP contribution in [0.3, 0.4) is 0 Å². The van der Waals surface area contributed by atoms with Gasteiger partial charge >= 0.3 is 0 Å². The number of carbonyl (C=O) groups is 2. The number of anilines is 1. The second kappa shape index (κ2) is 8.24. The van der Waals surface area contributed by atoms with Crippen molar-refractivity contribution in [2.24, 2.45) is 0 Å². The Labute approximate surface area is 144 Å². The van der Waals surface area contributed by atoms with Crippen LogP contribution < -0.4 is 10.2 Å². The Hall–Kier alpha value is -1.95. The summed E-state index contributed by atoms with van der Waals surface area (Å²) >= 11 is 0. The van der Waals surface area contributed by atoms with Crippen molar-refractivity contribution in [2.75, 3.05) is 37.6 Å². The van der Waals surface area contributed by atoms with E-state index in [2.05, 4.69) is 20.1 Å². The summed E-state index contributed by atoms with van der Waals surface area (Å²) in [6.07, 6.45) is 2.64. The first kappa shape index (κ1) is 18.4. The average Bonchev–Trinajstić information content (AvgIpc) is 2.52. The van der Waals surface area contributed by atoms with Crippen LogP contribution >= 0.6 is 0 Å². The summed E-state index contributed by atoms with van der Waals surface area (Å²) in [7, 11) is 0. The fourth-order valence-corrected chi connectivity index (χ4v) is 3.11. The molecule has 6 nitrogen and oxygen atoms in total. The van der Waals surface area contributed by atoms with Crippen molar-refractivity contribution in [1.82, 2.24) is 15.2 Å². The highest BCUT2D eigenvalue weighted by molar-refractivity contribution is 5.80. The van der Waals surface area contributed by atoms with Gasteiger partial charge in [-0.15, -0.1) is 0 Å². The van der Waals surface area contributed by atoms with Crippen LogP contribution in [0.15, 0.2) is 24.4 Å². The highest BCUT2D eigenvalue weighted by Gasteiger charge is 2.23. The van der Waals surface area contributed by atoms with Crippen molar-refractivity contribution in [3.05, 3.63) is 24.4 Å². The van der Waals surface area contributed by atoms with Crippen LogP contribution in [-0.4, -0.2) is 59.8 Å². The molecule has 1 aromatic rings. The summed E-state index contributed by atoms with van der Waals surface area (Å²) in [6.45, 7) is 9.78. The lowest BCUT2D eigenvalue weighted by molar-refractivity contribution is -0.124. The fourth-order valence-electron chi connectivity index (χ4n) is 3.11. The number of nitrogens with one attached hydrogen (secondary N) is 1. The lowest BCUT2D eigenvalue weighted by Crippen LogP contribution is -2.49. The smallest absolute Gasteiger partial charge is 0.221 e. The zero-order valence-corrected chi connectivity index (χ0v) is 14.9. The second-order valence-corrected chi connectivity index (χ2v) is 7.08. The number of Topliss-reactive ketones (excluding diaryl/α,β-unsaturated/α-hetero) is 1. The molecule has 2 rings (SSSR count). The van der Waals surface area contributed by atoms with Crippen LogP contribution in [-0.2, 0) is 9.59 Å². The molecule has 1 amide bonds. The molecule has 6 heteroatoms. The standard InChI is InChI=1S/C18H28N4O2/c1-15(23)14-18(2,3)20-17(24)7-9-21-10-12-22(13-11-21)16-6-4-5-8-19-16/h4-6,8H,7,9-14H2,1-3H3,(H,20,24). The quantitative estimate of drug-likeness (QED) is 0.819. The van der Waals surface area contributed by atoms with Crippen molar-refractivity contribution in [2.45, 2.75) is 39.2 Å². The van der Waals surface area contributed by atoms with Gasteiger partial charge in [-0.3, -0.25) is 14.5 Å². The largest absolute Gasteiger partial charge is 0.354 e. The van der Waals surface area contributed by atoms with Gasteiger partial charge in [0.25, 0.3) is 0 Å². The first-order valence-corrected chi connectivity index (χ1v) is 8.54. The minimum Gasteiger partial charge on any atom is -0.354 e. The van der Waals surface area contributed by atoms with Gasteiger partial charge in [0.15, 0.2) is 0 Å². The third kappa shape index (κ3) is 5.92. The van der Waals surface area contributed by atoms with Crippen LogP contribution in [0, 0.1) is 0 Å². The van der Waals surface area contributed by atoms with Crippen LogP contribution in [0.5, 0.6) is 0 Å². The zero-order valence-electron chi connectivity index (χ0n) is 14.9. The maximum atomic E-state index is 12.1. The number of hydrogen-bond acceptors (Lipinski definition) is 5. The van der Waals surface area contributed by atoms with E-state index in [1.54, 1.807) is 6.92 Å². The monoisotopic (exact) mass is 332 g/mol. The third-order valence-corrected chi connectivity index (χ3v) is 4.17. The van der Waals surface area contributed by atoms with Gasteiger partial charge in [0, 0.05) is 57.3 Å². The maximum absolute atomic E-state index is 12.1. The average molecular weight is 332 g/mol. The Bertz CT molecular complexity index is 551. The van der Waals surface area contributed by atoms with E-state index in [1.165, 1.54) is 0 Å². The highest BCUT2D eigenvalue weighted by atomic mass is 16.2. The van der Waals surface area contributed by atoms with Gasteiger partial charge in [0.2, 0.25) is 5.91 Å². The van der Waals surface area contributed by atoms with Crippen molar-refractivity contribution >= 4 is 17.5 Å². The summed E-state index contributed by atoms with van der Waals surface area (Å²) in [5.74, 6) is 1.11. The molecule has 1 aromatic heterocycles. The Morgan fingerprint density at radius 3 is 2.50 bits per heavy atom. The molecule has 2 heterocycles. The van der Waals surface area contributed by atoms with Gasteiger partial charge in [-0.25, -0.2) is 4.98 Å². The molecule has 24 heavy (non-hydrogen) atoms. The molecule has 0 bridgehead atoms. The van der Waals surface area contributed by atoms with Crippen molar-refractivity contribution in [3.63, 3.8) is 0 Å². The van der Waals surface area contributed by atoms with Crippen molar-refractivity contribution < 1.29 is 9.59 Å². The molecule has 0 radical (unpaired) electrons.